The van der Waals surface area contributed by atoms with Crippen LogP contribution in [0.3, 0.4) is 0 Å². The predicted octanol–water partition coefficient (Wildman–Crippen LogP) is 2.63. The average molecular weight is 170 g/mol. The van der Waals surface area contributed by atoms with Gasteiger partial charge in [-0.05, 0) is 31.9 Å². The quantitative estimate of drug-likeness (QED) is 0.561. The molecule has 0 unspecified atom stereocenters. The third kappa shape index (κ3) is 2.61. The summed E-state index contributed by atoms with van der Waals surface area (Å²) >= 11 is 0. The molecule has 0 N–H and O–H groups in total. The van der Waals surface area contributed by atoms with Crippen molar-refractivity contribution in [3.05, 3.63) is 34.9 Å². The van der Waals surface area contributed by atoms with Gasteiger partial charge in [-0.1, -0.05) is 11.6 Å². The van der Waals surface area contributed by atoms with Crippen LogP contribution in [0, 0.1) is 22.7 Å². The molecule has 0 saturated carbocycles. The van der Waals surface area contributed by atoms with Crippen molar-refractivity contribution in [3.8, 4) is 12.1 Å². The van der Waals surface area contributed by atoms with Crippen molar-refractivity contribution in [3.63, 3.8) is 0 Å². The molecule has 2 nitrogen and oxygen atoms in total. The summed E-state index contributed by atoms with van der Waals surface area (Å²) in [4.78, 5) is 0. The van der Waals surface area contributed by atoms with Crippen LogP contribution in [0.15, 0.2) is 34.9 Å². The molecule has 0 radical (unpaired) electrons. The Hall–Kier alpha value is -1.80. The van der Waals surface area contributed by atoms with Gasteiger partial charge < -0.3 is 0 Å². The molecule has 0 amide bonds. The average Bonchev–Trinajstić information content (AvgIpc) is 2.13. The van der Waals surface area contributed by atoms with Crippen molar-refractivity contribution in [1.29, 1.82) is 10.5 Å². The number of nitrogens with zero attached hydrogens (tertiary/aromatic N) is 2. The van der Waals surface area contributed by atoms with Gasteiger partial charge >= 0.3 is 0 Å². The first-order chi connectivity index (χ1) is 6.26. The van der Waals surface area contributed by atoms with E-state index in [2.05, 4.69) is 6.07 Å². The molecule has 0 bridgehead atoms. The molecule has 0 saturated heterocycles. The Morgan fingerprint density at radius 2 is 1.92 bits per heavy atom. The van der Waals surface area contributed by atoms with Crippen LogP contribution < -0.4 is 0 Å². The highest BCUT2D eigenvalue weighted by atomic mass is 14.3. The molecule has 13 heavy (non-hydrogen) atoms. The largest absolute Gasteiger partial charge is 0.193 e. The fourth-order valence-electron chi connectivity index (χ4n) is 1.11. The fourth-order valence-corrected chi connectivity index (χ4v) is 1.11. The lowest BCUT2D eigenvalue weighted by Crippen LogP contribution is -1.87. The SMILES string of the molecule is C/C1=C/C=C(C#N)\C=C(\C#N)CC1. The van der Waals surface area contributed by atoms with Gasteiger partial charge in [0.2, 0.25) is 0 Å². The monoisotopic (exact) mass is 170 g/mol. The van der Waals surface area contributed by atoms with Crippen LogP contribution >= 0.6 is 0 Å². The minimum absolute atomic E-state index is 0.551. The molecule has 0 aromatic rings. The predicted molar refractivity (Wildman–Crippen MR) is 50.4 cm³/mol. The number of nitriles is 2. The second-order valence-electron chi connectivity index (χ2n) is 3.03. The van der Waals surface area contributed by atoms with E-state index in [1.807, 2.05) is 19.1 Å². The summed E-state index contributed by atoms with van der Waals surface area (Å²) in [6, 6.07) is 4.14. The van der Waals surface area contributed by atoms with Crippen molar-refractivity contribution in [1.82, 2.24) is 0 Å². The van der Waals surface area contributed by atoms with Crippen LogP contribution in [-0.4, -0.2) is 0 Å². The Morgan fingerprint density at radius 3 is 2.54 bits per heavy atom. The molecule has 1 aliphatic carbocycles. The summed E-state index contributed by atoms with van der Waals surface area (Å²) in [5, 5.41) is 17.4. The molecule has 0 aliphatic heterocycles. The zero-order chi connectivity index (χ0) is 9.68. The number of rotatable bonds is 0. The molecule has 1 rings (SSSR count). The highest BCUT2D eigenvalue weighted by Gasteiger charge is 2.01. The molecular formula is C11H10N2. The molecule has 1 aliphatic rings. The zero-order valence-corrected chi connectivity index (χ0v) is 7.54. The van der Waals surface area contributed by atoms with E-state index >= 15 is 0 Å². The maximum absolute atomic E-state index is 8.73. The van der Waals surface area contributed by atoms with Crippen LogP contribution in [0.2, 0.25) is 0 Å². The molecule has 0 aromatic carbocycles. The van der Waals surface area contributed by atoms with Crippen molar-refractivity contribution in [2.45, 2.75) is 19.8 Å². The maximum Gasteiger partial charge on any atom is 0.0991 e. The highest BCUT2D eigenvalue weighted by molar-refractivity contribution is 5.43. The van der Waals surface area contributed by atoms with Crippen molar-refractivity contribution >= 4 is 0 Å². The minimum Gasteiger partial charge on any atom is -0.193 e. The van der Waals surface area contributed by atoms with E-state index in [1.54, 1.807) is 12.2 Å². The molecular weight excluding hydrogens is 160 g/mol. The molecule has 64 valence electrons. The Morgan fingerprint density at radius 1 is 1.15 bits per heavy atom. The number of hydrogen-bond donors (Lipinski definition) is 0. The minimum atomic E-state index is 0.551. The van der Waals surface area contributed by atoms with Gasteiger partial charge in [-0.3, -0.25) is 0 Å². The summed E-state index contributed by atoms with van der Waals surface area (Å²) in [6.07, 6.45) is 6.98. The number of hydrogen-bond acceptors (Lipinski definition) is 2. The molecule has 0 heterocycles. The fraction of sp³-hybridized carbons (Fsp3) is 0.273. The van der Waals surface area contributed by atoms with E-state index in [4.69, 9.17) is 10.5 Å². The van der Waals surface area contributed by atoms with Crippen LogP contribution in [0.4, 0.5) is 0 Å². The second kappa shape index (κ2) is 4.28. The lowest BCUT2D eigenvalue weighted by Gasteiger charge is -2.02. The van der Waals surface area contributed by atoms with Crippen LogP contribution in [0.25, 0.3) is 0 Å². The smallest absolute Gasteiger partial charge is 0.0991 e. The summed E-state index contributed by atoms with van der Waals surface area (Å²) < 4.78 is 0. The van der Waals surface area contributed by atoms with E-state index in [0.29, 0.717) is 11.1 Å². The van der Waals surface area contributed by atoms with Gasteiger partial charge in [-0.2, -0.15) is 10.5 Å². The van der Waals surface area contributed by atoms with Crippen molar-refractivity contribution in [2.24, 2.45) is 0 Å². The van der Waals surface area contributed by atoms with E-state index in [1.165, 1.54) is 5.57 Å². The maximum atomic E-state index is 8.73. The first kappa shape index (κ1) is 9.29. The Labute approximate surface area is 78.1 Å². The second-order valence-corrected chi connectivity index (χ2v) is 3.03. The third-order valence-electron chi connectivity index (χ3n) is 1.94. The van der Waals surface area contributed by atoms with Gasteiger partial charge in [0.15, 0.2) is 0 Å². The van der Waals surface area contributed by atoms with Crippen molar-refractivity contribution < 1.29 is 0 Å². The van der Waals surface area contributed by atoms with Crippen molar-refractivity contribution in [2.75, 3.05) is 0 Å². The summed E-state index contributed by atoms with van der Waals surface area (Å²) in [5.74, 6) is 0. The van der Waals surface area contributed by atoms with Gasteiger partial charge in [0.1, 0.15) is 0 Å². The zero-order valence-electron chi connectivity index (χ0n) is 7.54. The van der Waals surface area contributed by atoms with Gasteiger partial charge in [0.05, 0.1) is 17.7 Å². The normalized spacial score (nSPS) is 28.7. The lowest BCUT2D eigenvalue weighted by atomic mass is 10.0. The summed E-state index contributed by atoms with van der Waals surface area (Å²) in [5.41, 5.74) is 2.43. The van der Waals surface area contributed by atoms with Crippen LogP contribution in [0.1, 0.15) is 19.8 Å². The van der Waals surface area contributed by atoms with Gasteiger partial charge in [-0.25, -0.2) is 0 Å². The highest BCUT2D eigenvalue weighted by Crippen LogP contribution is 2.16. The molecule has 0 aromatic heterocycles. The van der Waals surface area contributed by atoms with E-state index in [0.717, 1.165) is 12.8 Å². The Balaban J connectivity index is 3.03. The topological polar surface area (TPSA) is 47.6 Å². The van der Waals surface area contributed by atoms with Gasteiger partial charge in [0.25, 0.3) is 0 Å². The lowest BCUT2D eigenvalue weighted by molar-refractivity contribution is 0.944. The van der Waals surface area contributed by atoms with Gasteiger partial charge in [0, 0.05) is 5.57 Å². The molecule has 0 spiro atoms. The van der Waals surface area contributed by atoms with Crippen LogP contribution in [0.5, 0.6) is 0 Å². The summed E-state index contributed by atoms with van der Waals surface area (Å²) in [7, 11) is 0. The molecule has 0 fully saturated rings. The van der Waals surface area contributed by atoms with Gasteiger partial charge in [-0.15, -0.1) is 0 Å². The van der Waals surface area contributed by atoms with E-state index < -0.39 is 0 Å². The molecule has 0 atom stereocenters. The van der Waals surface area contributed by atoms with E-state index in [-0.39, 0.29) is 0 Å². The standard InChI is InChI=1S/C11H10N2/c1-9-2-4-10(7-12)6-11(8-13)5-3-9/h2,4,6H,3,5H2,1H3/b9-2-,10-4+,11-6+. The first-order valence-electron chi connectivity index (χ1n) is 4.14. The van der Waals surface area contributed by atoms with E-state index in [9.17, 15) is 0 Å². The Bertz CT molecular complexity index is 370. The first-order valence-corrected chi connectivity index (χ1v) is 4.14. The molecule has 2 heteroatoms. The summed E-state index contributed by atoms with van der Waals surface area (Å²) in [6.45, 7) is 2.01. The van der Waals surface area contributed by atoms with Crippen LogP contribution in [-0.2, 0) is 0 Å². The third-order valence-corrected chi connectivity index (χ3v) is 1.94. The Kier molecular flexibility index (Phi) is 3.06. The number of allylic oxidation sites excluding steroid dienone is 6.